The van der Waals surface area contributed by atoms with Gasteiger partial charge in [-0.2, -0.15) is 0 Å². The maximum Gasteiger partial charge on any atom is 0.251 e. The summed E-state index contributed by atoms with van der Waals surface area (Å²) in [5, 5.41) is 2.57. The van der Waals surface area contributed by atoms with E-state index in [0.29, 0.717) is 5.56 Å². The Morgan fingerprint density at radius 3 is 2.61 bits per heavy atom. The van der Waals surface area contributed by atoms with Crippen molar-refractivity contribution in [3.63, 3.8) is 0 Å². The van der Waals surface area contributed by atoms with Crippen molar-refractivity contribution >= 4 is 31.9 Å². The van der Waals surface area contributed by atoms with Gasteiger partial charge in [-0.05, 0) is 18.2 Å². The van der Waals surface area contributed by atoms with Crippen molar-refractivity contribution in [2.45, 2.75) is 0 Å². The highest BCUT2D eigenvalue weighted by molar-refractivity contribution is 9.10. The van der Waals surface area contributed by atoms with Crippen LogP contribution in [0.4, 0.5) is 0 Å². The van der Waals surface area contributed by atoms with Gasteiger partial charge in [-0.25, -0.2) is 12.7 Å². The Bertz CT molecular complexity index is 529. The maximum absolute atomic E-state index is 11.7. The van der Waals surface area contributed by atoms with Gasteiger partial charge in [0.05, 0.1) is 5.75 Å². The van der Waals surface area contributed by atoms with Crippen molar-refractivity contribution in [2.75, 3.05) is 26.4 Å². The lowest BCUT2D eigenvalue weighted by Crippen LogP contribution is -2.33. The van der Waals surface area contributed by atoms with Crippen molar-refractivity contribution in [2.24, 2.45) is 0 Å². The summed E-state index contributed by atoms with van der Waals surface area (Å²) in [7, 11) is -0.347. The number of nitrogens with one attached hydrogen (secondary N) is 1. The molecule has 0 aliphatic carbocycles. The fourth-order valence-corrected chi connectivity index (χ4v) is 2.33. The fraction of sp³-hybridized carbons (Fsp3) is 0.364. The molecule has 0 fully saturated rings. The second-order valence-electron chi connectivity index (χ2n) is 3.86. The first-order valence-electron chi connectivity index (χ1n) is 5.27. The highest BCUT2D eigenvalue weighted by Crippen LogP contribution is 2.11. The molecule has 0 radical (unpaired) electrons. The van der Waals surface area contributed by atoms with E-state index in [4.69, 9.17) is 0 Å². The van der Waals surface area contributed by atoms with Crippen LogP contribution in [0.1, 0.15) is 10.4 Å². The first kappa shape index (κ1) is 15.1. The Kier molecular flexibility index (Phi) is 5.30. The van der Waals surface area contributed by atoms with Gasteiger partial charge >= 0.3 is 0 Å². The Morgan fingerprint density at radius 1 is 1.39 bits per heavy atom. The van der Waals surface area contributed by atoms with Gasteiger partial charge in [0.25, 0.3) is 5.91 Å². The molecule has 0 saturated carbocycles. The number of hydrogen-bond acceptors (Lipinski definition) is 3. The maximum atomic E-state index is 11.7. The van der Waals surface area contributed by atoms with Crippen molar-refractivity contribution in [3.05, 3.63) is 34.3 Å². The quantitative estimate of drug-likeness (QED) is 0.875. The lowest BCUT2D eigenvalue weighted by Gasteiger charge is -2.11. The first-order valence-corrected chi connectivity index (χ1v) is 7.67. The van der Waals surface area contributed by atoms with E-state index in [0.717, 1.165) is 8.78 Å². The number of sulfonamides is 1. The molecule has 18 heavy (non-hydrogen) atoms. The SMILES string of the molecule is CN(C)S(=O)(=O)CCNC(=O)c1cccc(Br)c1. The van der Waals surface area contributed by atoms with Gasteiger partial charge < -0.3 is 5.32 Å². The molecule has 0 bridgehead atoms. The van der Waals surface area contributed by atoms with E-state index in [9.17, 15) is 13.2 Å². The largest absolute Gasteiger partial charge is 0.351 e. The van der Waals surface area contributed by atoms with E-state index >= 15 is 0 Å². The minimum Gasteiger partial charge on any atom is -0.351 e. The van der Waals surface area contributed by atoms with Crippen molar-refractivity contribution in [1.29, 1.82) is 0 Å². The monoisotopic (exact) mass is 334 g/mol. The molecule has 1 amide bonds. The molecule has 0 spiro atoms. The molecule has 1 aromatic carbocycles. The molecular formula is C11H15BrN2O3S. The zero-order valence-electron chi connectivity index (χ0n) is 10.2. The van der Waals surface area contributed by atoms with Crippen LogP contribution in [0.25, 0.3) is 0 Å². The lowest BCUT2D eigenvalue weighted by molar-refractivity contribution is 0.0956. The van der Waals surface area contributed by atoms with E-state index < -0.39 is 10.0 Å². The molecule has 0 aliphatic rings. The molecule has 0 atom stereocenters. The summed E-state index contributed by atoms with van der Waals surface area (Å²) in [6.45, 7) is 0.0891. The Balaban J connectivity index is 2.53. The predicted octanol–water partition coefficient (Wildman–Crippen LogP) is 1.07. The van der Waals surface area contributed by atoms with Crippen LogP contribution in [0.15, 0.2) is 28.7 Å². The van der Waals surface area contributed by atoms with Crippen molar-refractivity contribution in [3.8, 4) is 0 Å². The number of benzene rings is 1. The molecule has 0 heterocycles. The van der Waals surface area contributed by atoms with Crippen LogP contribution in [-0.4, -0.2) is 45.0 Å². The topological polar surface area (TPSA) is 66.5 Å². The summed E-state index contributed by atoms with van der Waals surface area (Å²) in [5.41, 5.74) is 0.492. The average molecular weight is 335 g/mol. The lowest BCUT2D eigenvalue weighted by atomic mass is 10.2. The molecule has 0 saturated heterocycles. The molecule has 0 aromatic heterocycles. The van der Waals surface area contributed by atoms with Gasteiger partial charge in [-0.3, -0.25) is 4.79 Å². The molecule has 1 rings (SSSR count). The number of carbonyl (C=O) groups is 1. The third-order valence-electron chi connectivity index (χ3n) is 2.29. The third-order valence-corrected chi connectivity index (χ3v) is 4.61. The smallest absolute Gasteiger partial charge is 0.251 e. The molecule has 0 aliphatic heterocycles. The van der Waals surface area contributed by atoms with E-state index in [2.05, 4.69) is 21.2 Å². The number of rotatable bonds is 5. The molecule has 1 aromatic rings. The summed E-state index contributed by atoms with van der Waals surface area (Å²) in [6.07, 6.45) is 0. The molecule has 1 N–H and O–H groups in total. The fourth-order valence-electron chi connectivity index (χ4n) is 1.21. The van der Waals surface area contributed by atoms with Crippen LogP contribution in [-0.2, 0) is 10.0 Å². The highest BCUT2D eigenvalue weighted by atomic mass is 79.9. The predicted molar refractivity (Wildman–Crippen MR) is 73.9 cm³/mol. The minimum absolute atomic E-state index is 0.0891. The molecule has 5 nitrogen and oxygen atoms in total. The Hall–Kier alpha value is -0.920. The van der Waals surface area contributed by atoms with Gasteiger partial charge in [0, 0.05) is 30.7 Å². The van der Waals surface area contributed by atoms with E-state index in [1.807, 2.05) is 6.07 Å². The van der Waals surface area contributed by atoms with Crippen LogP contribution >= 0.6 is 15.9 Å². The van der Waals surface area contributed by atoms with Gasteiger partial charge in [-0.1, -0.05) is 22.0 Å². The number of nitrogens with zero attached hydrogens (tertiary/aromatic N) is 1. The summed E-state index contributed by atoms with van der Waals surface area (Å²) >= 11 is 3.27. The number of halogens is 1. The van der Waals surface area contributed by atoms with Crippen molar-refractivity contribution in [1.82, 2.24) is 9.62 Å². The molecule has 100 valence electrons. The molecular weight excluding hydrogens is 320 g/mol. The first-order chi connectivity index (χ1) is 8.33. The van der Waals surface area contributed by atoms with Gasteiger partial charge in [0.15, 0.2) is 0 Å². The Labute approximate surface area is 115 Å². The third kappa shape index (κ3) is 4.40. The summed E-state index contributed by atoms with van der Waals surface area (Å²) in [4.78, 5) is 11.7. The zero-order valence-corrected chi connectivity index (χ0v) is 12.6. The highest BCUT2D eigenvalue weighted by Gasteiger charge is 2.14. The summed E-state index contributed by atoms with van der Waals surface area (Å²) < 4.78 is 24.9. The second kappa shape index (κ2) is 6.31. The van der Waals surface area contributed by atoms with E-state index in [-0.39, 0.29) is 18.2 Å². The van der Waals surface area contributed by atoms with Crippen molar-refractivity contribution < 1.29 is 13.2 Å². The van der Waals surface area contributed by atoms with E-state index in [1.165, 1.54) is 14.1 Å². The Morgan fingerprint density at radius 2 is 2.06 bits per heavy atom. The number of carbonyl (C=O) groups excluding carboxylic acids is 1. The standard InChI is InChI=1S/C11H15BrN2O3S/c1-14(2)18(16,17)7-6-13-11(15)9-4-3-5-10(12)8-9/h3-5,8H,6-7H2,1-2H3,(H,13,15). The normalized spacial score (nSPS) is 11.6. The van der Waals surface area contributed by atoms with E-state index in [1.54, 1.807) is 18.2 Å². The summed E-state index contributed by atoms with van der Waals surface area (Å²) in [5.74, 6) is -0.398. The number of amides is 1. The van der Waals surface area contributed by atoms with Crippen LogP contribution in [0.2, 0.25) is 0 Å². The van der Waals surface area contributed by atoms with Gasteiger partial charge in [0.2, 0.25) is 10.0 Å². The van der Waals surface area contributed by atoms with Crippen LogP contribution in [0.3, 0.4) is 0 Å². The average Bonchev–Trinajstić information content (AvgIpc) is 2.28. The second-order valence-corrected chi connectivity index (χ2v) is 7.08. The molecule has 7 heteroatoms. The summed E-state index contributed by atoms with van der Waals surface area (Å²) in [6, 6.07) is 6.90. The molecule has 0 unspecified atom stereocenters. The minimum atomic E-state index is -3.27. The van der Waals surface area contributed by atoms with Crippen LogP contribution < -0.4 is 5.32 Å². The zero-order chi connectivity index (χ0) is 13.8. The van der Waals surface area contributed by atoms with Gasteiger partial charge in [-0.15, -0.1) is 0 Å². The number of hydrogen-bond donors (Lipinski definition) is 1. The van der Waals surface area contributed by atoms with Gasteiger partial charge in [0.1, 0.15) is 0 Å². The van der Waals surface area contributed by atoms with Crippen LogP contribution in [0.5, 0.6) is 0 Å². The van der Waals surface area contributed by atoms with Crippen LogP contribution in [0, 0.1) is 0 Å².